The molecule has 0 aliphatic heterocycles. The Labute approximate surface area is 120 Å². The molecule has 1 saturated carbocycles. The van der Waals surface area contributed by atoms with Gasteiger partial charge in [-0.1, -0.05) is 44.2 Å². The highest BCUT2D eigenvalue weighted by Crippen LogP contribution is 2.63. The van der Waals surface area contributed by atoms with E-state index < -0.39 is 0 Å². The summed E-state index contributed by atoms with van der Waals surface area (Å²) in [5, 5.41) is 0. The fourth-order valence-corrected chi connectivity index (χ4v) is 3.15. The van der Waals surface area contributed by atoms with Crippen LogP contribution in [0.1, 0.15) is 25.8 Å². The van der Waals surface area contributed by atoms with E-state index in [2.05, 4.69) is 32.0 Å². The van der Waals surface area contributed by atoms with Crippen LogP contribution in [-0.2, 0) is 5.41 Å². The number of para-hydroxylation sites is 1. The Balaban J connectivity index is 1.88. The third-order valence-electron chi connectivity index (χ3n) is 4.63. The molecule has 2 aromatic carbocycles. The van der Waals surface area contributed by atoms with E-state index >= 15 is 0 Å². The van der Waals surface area contributed by atoms with Crippen LogP contribution in [-0.4, -0.2) is 6.54 Å². The number of benzene rings is 2. The van der Waals surface area contributed by atoms with Crippen molar-refractivity contribution in [3.8, 4) is 11.5 Å². The average Bonchev–Trinajstić information content (AvgIpc) is 3.04. The molecule has 3 rings (SSSR count). The zero-order chi connectivity index (χ0) is 14.2. The summed E-state index contributed by atoms with van der Waals surface area (Å²) >= 11 is 0. The molecule has 1 unspecified atom stereocenters. The Bertz CT molecular complexity index is 606. The van der Waals surface area contributed by atoms with Gasteiger partial charge in [0.25, 0.3) is 0 Å². The first-order valence-corrected chi connectivity index (χ1v) is 7.11. The molecule has 0 radical (unpaired) electrons. The Kier molecular flexibility index (Phi) is 3.06. The van der Waals surface area contributed by atoms with Gasteiger partial charge in [-0.25, -0.2) is 0 Å². The second-order valence-corrected chi connectivity index (χ2v) is 6.29. The summed E-state index contributed by atoms with van der Waals surface area (Å²) in [4.78, 5) is 0. The van der Waals surface area contributed by atoms with Crippen LogP contribution in [0.25, 0.3) is 0 Å². The Hall–Kier alpha value is -1.80. The monoisotopic (exact) mass is 267 g/mol. The first-order valence-electron chi connectivity index (χ1n) is 7.11. The van der Waals surface area contributed by atoms with Crippen molar-refractivity contribution in [2.75, 3.05) is 6.54 Å². The summed E-state index contributed by atoms with van der Waals surface area (Å²) in [6.45, 7) is 5.25. The van der Waals surface area contributed by atoms with E-state index in [-0.39, 0.29) is 10.8 Å². The van der Waals surface area contributed by atoms with Gasteiger partial charge in [0.15, 0.2) is 0 Å². The van der Waals surface area contributed by atoms with Gasteiger partial charge < -0.3 is 10.5 Å². The standard InChI is InChI=1S/C18H21NO/c1-17(2)12-18(17,13-19)14-7-6-10-16(11-14)20-15-8-4-3-5-9-15/h3-11H,12-13,19H2,1-2H3. The number of hydrogen-bond acceptors (Lipinski definition) is 2. The molecule has 1 fully saturated rings. The number of hydrogen-bond donors (Lipinski definition) is 1. The van der Waals surface area contributed by atoms with E-state index in [1.165, 1.54) is 5.56 Å². The Morgan fingerprint density at radius 3 is 2.25 bits per heavy atom. The van der Waals surface area contributed by atoms with Crippen LogP contribution in [0.15, 0.2) is 54.6 Å². The highest BCUT2D eigenvalue weighted by molar-refractivity contribution is 5.43. The normalized spacial score (nSPS) is 23.4. The summed E-state index contributed by atoms with van der Waals surface area (Å²) < 4.78 is 5.91. The molecule has 1 atom stereocenters. The zero-order valence-electron chi connectivity index (χ0n) is 12.1. The first-order chi connectivity index (χ1) is 9.57. The minimum Gasteiger partial charge on any atom is -0.457 e. The minimum atomic E-state index is 0.114. The summed E-state index contributed by atoms with van der Waals surface area (Å²) in [6, 6.07) is 18.2. The molecule has 2 heteroatoms. The molecule has 1 aliphatic rings. The van der Waals surface area contributed by atoms with Gasteiger partial charge in [0.1, 0.15) is 11.5 Å². The summed E-state index contributed by atoms with van der Waals surface area (Å²) in [6.07, 6.45) is 1.14. The van der Waals surface area contributed by atoms with Gasteiger partial charge in [-0.3, -0.25) is 0 Å². The summed E-state index contributed by atoms with van der Waals surface area (Å²) in [5.74, 6) is 1.74. The predicted molar refractivity (Wildman–Crippen MR) is 82.1 cm³/mol. The topological polar surface area (TPSA) is 35.2 Å². The van der Waals surface area contributed by atoms with Crippen LogP contribution in [0, 0.1) is 5.41 Å². The maximum atomic E-state index is 6.04. The van der Waals surface area contributed by atoms with Crippen molar-refractivity contribution in [3.05, 3.63) is 60.2 Å². The highest BCUT2D eigenvalue weighted by atomic mass is 16.5. The van der Waals surface area contributed by atoms with E-state index in [4.69, 9.17) is 10.5 Å². The Morgan fingerprint density at radius 2 is 1.65 bits per heavy atom. The molecule has 0 spiro atoms. The average molecular weight is 267 g/mol. The molecule has 1 aliphatic carbocycles. The third kappa shape index (κ3) is 2.10. The third-order valence-corrected chi connectivity index (χ3v) is 4.63. The molecule has 0 saturated heterocycles. The summed E-state index contributed by atoms with van der Waals surface area (Å²) in [5.41, 5.74) is 7.73. The molecular formula is C18H21NO. The van der Waals surface area contributed by atoms with Crippen LogP contribution < -0.4 is 10.5 Å². The van der Waals surface area contributed by atoms with Crippen LogP contribution >= 0.6 is 0 Å². The maximum absolute atomic E-state index is 6.04. The molecule has 0 bridgehead atoms. The SMILES string of the molecule is CC1(C)CC1(CN)c1cccc(Oc2ccccc2)c1. The number of ether oxygens (including phenoxy) is 1. The summed E-state index contributed by atoms with van der Waals surface area (Å²) in [7, 11) is 0. The second kappa shape index (κ2) is 4.64. The van der Waals surface area contributed by atoms with Crippen molar-refractivity contribution in [3.63, 3.8) is 0 Å². The van der Waals surface area contributed by atoms with Crippen LogP contribution in [0.3, 0.4) is 0 Å². The van der Waals surface area contributed by atoms with Gasteiger partial charge >= 0.3 is 0 Å². The maximum Gasteiger partial charge on any atom is 0.127 e. The lowest BCUT2D eigenvalue weighted by Gasteiger charge is -2.19. The van der Waals surface area contributed by atoms with Gasteiger partial charge in [-0.15, -0.1) is 0 Å². The van der Waals surface area contributed by atoms with Crippen molar-refractivity contribution in [2.24, 2.45) is 11.1 Å². The predicted octanol–water partition coefficient (Wildman–Crippen LogP) is 4.11. The number of rotatable bonds is 4. The second-order valence-electron chi connectivity index (χ2n) is 6.29. The fraction of sp³-hybridized carbons (Fsp3) is 0.333. The van der Waals surface area contributed by atoms with Crippen molar-refractivity contribution in [2.45, 2.75) is 25.7 Å². The molecule has 0 amide bonds. The van der Waals surface area contributed by atoms with E-state index in [1.54, 1.807) is 0 Å². The smallest absolute Gasteiger partial charge is 0.127 e. The van der Waals surface area contributed by atoms with Gasteiger partial charge in [0.2, 0.25) is 0 Å². The molecule has 20 heavy (non-hydrogen) atoms. The Morgan fingerprint density at radius 1 is 1.00 bits per heavy atom. The highest BCUT2D eigenvalue weighted by Gasteiger charge is 2.60. The zero-order valence-corrected chi connectivity index (χ0v) is 12.1. The number of nitrogens with two attached hydrogens (primary N) is 1. The van der Waals surface area contributed by atoms with Crippen LogP contribution in [0.4, 0.5) is 0 Å². The van der Waals surface area contributed by atoms with E-state index in [0.29, 0.717) is 6.54 Å². The van der Waals surface area contributed by atoms with Gasteiger partial charge in [0, 0.05) is 12.0 Å². The lowest BCUT2D eigenvalue weighted by atomic mass is 9.88. The lowest BCUT2D eigenvalue weighted by molar-refractivity contribution is 0.474. The molecule has 0 aromatic heterocycles. The van der Waals surface area contributed by atoms with Crippen molar-refractivity contribution >= 4 is 0 Å². The molecule has 2 N–H and O–H groups in total. The van der Waals surface area contributed by atoms with Gasteiger partial charge in [-0.2, -0.15) is 0 Å². The molecule has 2 aromatic rings. The minimum absolute atomic E-state index is 0.114. The lowest BCUT2D eigenvalue weighted by Crippen LogP contribution is -2.25. The van der Waals surface area contributed by atoms with Gasteiger partial charge in [-0.05, 0) is 41.7 Å². The van der Waals surface area contributed by atoms with E-state index in [9.17, 15) is 0 Å². The van der Waals surface area contributed by atoms with E-state index in [0.717, 1.165) is 17.9 Å². The van der Waals surface area contributed by atoms with Crippen molar-refractivity contribution in [1.29, 1.82) is 0 Å². The molecule has 104 valence electrons. The fourth-order valence-electron chi connectivity index (χ4n) is 3.15. The van der Waals surface area contributed by atoms with Gasteiger partial charge in [0.05, 0.1) is 0 Å². The van der Waals surface area contributed by atoms with Crippen LogP contribution in [0.2, 0.25) is 0 Å². The largest absolute Gasteiger partial charge is 0.457 e. The molecular weight excluding hydrogens is 246 g/mol. The van der Waals surface area contributed by atoms with Crippen molar-refractivity contribution < 1.29 is 4.74 Å². The van der Waals surface area contributed by atoms with E-state index in [1.807, 2.05) is 36.4 Å². The quantitative estimate of drug-likeness (QED) is 0.905. The van der Waals surface area contributed by atoms with Crippen molar-refractivity contribution in [1.82, 2.24) is 0 Å². The molecule has 2 nitrogen and oxygen atoms in total. The van der Waals surface area contributed by atoms with Crippen LogP contribution in [0.5, 0.6) is 11.5 Å². The molecule has 0 heterocycles. The first kappa shape index (κ1) is 13.2.